The highest BCUT2D eigenvalue weighted by Gasteiger charge is 2.63. The normalized spacial score (nSPS) is 39.4. The minimum Gasteiger partial charge on any atom is -0.406 e. The van der Waals surface area contributed by atoms with Crippen LogP contribution in [-0.2, 0) is 16.1 Å². The summed E-state index contributed by atoms with van der Waals surface area (Å²) in [6, 6.07) is 4.04. The largest absolute Gasteiger partial charge is 0.573 e. The van der Waals surface area contributed by atoms with Crippen LogP contribution in [-0.4, -0.2) is 46.4 Å². The van der Waals surface area contributed by atoms with E-state index >= 15 is 0 Å². The van der Waals surface area contributed by atoms with Crippen molar-refractivity contribution in [3.05, 3.63) is 24.4 Å². The molecule has 0 amide bonds. The van der Waals surface area contributed by atoms with Crippen LogP contribution in [0.5, 0.6) is 5.75 Å². The van der Waals surface area contributed by atoms with Gasteiger partial charge in [-0.1, -0.05) is 6.92 Å². The predicted octanol–water partition coefficient (Wildman–Crippen LogP) is 6.54. The number of ketones is 1. The van der Waals surface area contributed by atoms with Gasteiger partial charge >= 0.3 is 6.36 Å². The summed E-state index contributed by atoms with van der Waals surface area (Å²) in [7, 11) is 1.81. The van der Waals surface area contributed by atoms with Crippen molar-refractivity contribution in [3.8, 4) is 5.75 Å². The standard InChI is InChI=1S/C31H41F3N2O4/c1-28(38)12-13-30(18-39-3)20(15-28)4-6-22-23-7-8-25(29(23,2)11-10-24(22)30)27(37)17-36-16-19-14-21(40-31(32,33)34)5-9-26(19)35-36/h5,9,14,16,20,22-25,38H,4,6-8,10-13,15,17-18H2,1-3H3/t20-,22+,23+,24+,25-,28-,29+,30-/m1/s1. The van der Waals surface area contributed by atoms with E-state index in [-0.39, 0.29) is 34.8 Å². The average Bonchev–Trinajstić information content (AvgIpc) is 3.42. The number of benzene rings is 1. The molecule has 0 radical (unpaired) electrons. The first-order valence-electron chi connectivity index (χ1n) is 14.8. The van der Waals surface area contributed by atoms with E-state index in [1.165, 1.54) is 18.2 Å². The van der Waals surface area contributed by atoms with Crippen LogP contribution in [0.15, 0.2) is 24.4 Å². The highest BCUT2D eigenvalue weighted by molar-refractivity contribution is 5.84. The number of halogens is 3. The van der Waals surface area contributed by atoms with Gasteiger partial charge in [-0.05, 0) is 117 Å². The fraction of sp³-hybridized carbons (Fsp3) is 0.742. The van der Waals surface area contributed by atoms with Gasteiger partial charge in [0.15, 0.2) is 5.78 Å². The van der Waals surface area contributed by atoms with Crippen LogP contribution in [0.3, 0.4) is 0 Å². The van der Waals surface area contributed by atoms with E-state index in [9.17, 15) is 23.1 Å². The maximum atomic E-state index is 13.7. The molecule has 40 heavy (non-hydrogen) atoms. The Morgan fingerprint density at radius 2 is 1.90 bits per heavy atom. The van der Waals surface area contributed by atoms with Crippen molar-refractivity contribution < 1.29 is 32.5 Å². The number of alkyl halides is 3. The van der Waals surface area contributed by atoms with Crippen LogP contribution >= 0.6 is 0 Å². The Balaban J connectivity index is 1.19. The average molecular weight is 563 g/mol. The van der Waals surface area contributed by atoms with Gasteiger partial charge in [0.05, 0.1) is 24.3 Å². The van der Waals surface area contributed by atoms with E-state index in [1.54, 1.807) is 10.9 Å². The second kappa shape index (κ2) is 9.72. The van der Waals surface area contributed by atoms with Crippen molar-refractivity contribution in [1.82, 2.24) is 9.78 Å². The Bertz CT molecular complexity index is 1270. The molecule has 6 nitrogen and oxygen atoms in total. The molecular weight excluding hydrogens is 521 g/mol. The second-order valence-corrected chi connectivity index (χ2v) is 13.8. The highest BCUT2D eigenvalue weighted by atomic mass is 19.4. The number of rotatable bonds is 6. The lowest BCUT2D eigenvalue weighted by molar-refractivity contribution is -0.274. The Morgan fingerprint density at radius 3 is 2.65 bits per heavy atom. The number of aliphatic hydroxyl groups is 1. The number of hydrogen-bond donors (Lipinski definition) is 1. The molecule has 6 rings (SSSR count). The SMILES string of the molecule is COC[C@]12CC[C@@](C)(O)C[C@H]1CC[C@H]1[C@@H]3CC[C@H](C(=O)Cn4cc5cc(OC(F)(F)F)ccc5n4)[C@@]3(C)CC[C@@H]12. The number of nitrogens with zero attached hydrogens (tertiary/aromatic N) is 2. The molecule has 2 aromatic rings. The minimum atomic E-state index is -4.76. The lowest BCUT2D eigenvalue weighted by Crippen LogP contribution is -2.58. The van der Waals surface area contributed by atoms with E-state index < -0.39 is 12.0 Å². The number of carbonyl (C=O) groups is 1. The number of Topliss-reactive ketones (excluding diaryl/α,β-unsaturated/α-hetero) is 1. The van der Waals surface area contributed by atoms with E-state index in [0.717, 1.165) is 64.4 Å². The van der Waals surface area contributed by atoms with Gasteiger partial charge in [0.1, 0.15) is 5.75 Å². The van der Waals surface area contributed by atoms with Gasteiger partial charge in [0.25, 0.3) is 0 Å². The monoisotopic (exact) mass is 562 g/mol. The molecule has 0 spiro atoms. The summed E-state index contributed by atoms with van der Waals surface area (Å²) in [5, 5.41) is 15.8. The van der Waals surface area contributed by atoms with Crippen LogP contribution < -0.4 is 4.74 Å². The molecule has 4 saturated carbocycles. The summed E-state index contributed by atoms with van der Waals surface area (Å²) in [4.78, 5) is 13.7. The van der Waals surface area contributed by atoms with Crippen molar-refractivity contribution in [1.29, 1.82) is 0 Å². The number of ether oxygens (including phenoxy) is 2. The van der Waals surface area contributed by atoms with Crippen molar-refractivity contribution in [2.24, 2.45) is 40.4 Å². The summed E-state index contributed by atoms with van der Waals surface area (Å²) in [6.07, 6.45) is 5.88. The first-order chi connectivity index (χ1) is 18.8. The molecule has 9 heteroatoms. The lowest BCUT2D eigenvalue weighted by atomic mass is 9.43. The van der Waals surface area contributed by atoms with E-state index in [4.69, 9.17) is 4.74 Å². The zero-order valence-corrected chi connectivity index (χ0v) is 23.7. The van der Waals surface area contributed by atoms with Crippen LogP contribution in [0.25, 0.3) is 10.9 Å². The molecule has 8 atom stereocenters. The van der Waals surface area contributed by atoms with Crippen molar-refractivity contribution in [2.75, 3.05) is 13.7 Å². The van der Waals surface area contributed by atoms with Gasteiger partial charge < -0.3 is 14.6 Å². The number of methoxy groups -OCH3 is 1. The molecule has 0 saturated heterocycles. The van der Waals surface area contributed by atoms with Crippen LogP contribution in [0.4, 0.5) is 13.2 Å². The third-order valence-electron chi connectivity index (χ3n) is 11.5. The fourth-order valence-electron chi connectivity index (χ4n) is 9.92. The smallest absolute Gasteiger partial charge is 0.406 e. The molecule has 4 aliphatic carbocycles. The molecule has 0 aliphatic heterocycles. The third-order valence-corrected chi connectivity index (χ3v) is 11.5. The molecule has 0 unspecified atom stereocenters. The van der Waals surface area contributed by atoms with Crippen molar-refractivity contribution in [3.63, 3.8) is 0 Å². The Labute approximate surface area is 233 Å². The van der Waals surface area contributed by atoms with Crippen molar-refractivity contribution >= 4 is 16.7 Å². The van der Waals surface area contributed by atoms with Crippen LogP contribution in [0.1, 0.15) is 71.6 Å². The van der Waals surface area contributed by atoms with E-state index in [1.807, 2.05) is 14.0 Å². The molecule has 1 aromatic heterocycles. The maximum Gasteiger partial charge on any atom is 0.573 e. The van der Waals surface area contributed by atoms with Gasteiger partial charge in [-0.15, -0.1) is 13.2 Å². The molecule has 1 heterocycles. The summed E-state index contributed by atoms with van der Waals surface area (Å²) in [5.41, 5.74) is 0.00464. The fourth-order valence-corrected chi connectivity index (χ4v) is 9.92. The second-order valence-electron chi connectivity index (χ2n) is 13.8. The van der Waals surface area contributed by atoms with E-state index in [0.29, 0.717) is 34.6 Å². The van der Waals surface area contributed by atoms with Gasteiger partial charge in [-0.3, -0.25) is 9.48 Å². The Hall–Kier alpha value is -2.13. The first-order valence-corrected chi connectivity index (χ1v) is 14.8. The maximum absolute atomic E-state index is 13.7. The highest BCUT2D eigenvalue weighted by Crippen LogP contribution is 2.68. The van der Waals surface area contributed by atoms with Gasteiger partial charge in [-0.25, -0.2) is 0 Å². The van der Waals surface area contributed by atoms with Gasteiger partial charge in [-0.2, -0.15) is 5.10 Å². The van der Waals surface area contributed by atoms with Crippen LogP contribution in [0.2, 0.25) is 0 Å². The number of aromatic nitrogens is 2. The lowest BCUT2D eigenvalue weighted by Gasteiger charge is -2.62. The number of carbonyl (C=O) groups excluding carboxylic acids is 1. The number of hydrogen-bond acceptors (Lipinski definition) is 5. The zero-order chi connectivity index (χ0) is 28.5. The molecule has 0 bridgehead atoms. The quantitative estimate of drug-likeness (QED) is 0.433. The predicted molar refractivity (Wildman–Crippen MR) is 143 cm³/mol. The van der Waals surface area contributed by atoms with Crippen molar-refractivity contribution in [2.45, 2.75) is 90.1 Å². The molecule has 220 valence electrons. The molecule has 1 aromatic carbocycles. The van der Waals surface area contributed by atoms with Gasteiger partial charge in [0, 0.05) is 24.6 Å². The Morgan fingerprint density at radius 1 is 1.10 bits per heavy atom. The summed E-state index contributed by atoms with van der Waals surface area (Å²) in [6.45, 7) is 5.18. The van der Waals surface area contributed by atoms with Gasteiger partial charge in [0.2, 0.25) is 0 Å². The first kappa shape index (κ1) is 28.0. The number of fused-ring (bicyclic) bond motifs is 6. The summed E-state index contributed by atoms with van der Waals surface area (Å²) < 4.78 is 49.4. The topological polar surface area (TPSA) is 73.6 Å². The minimum absolute atomic E-state index is 0.0435. The molecule has 1 N–H and O–H groups in total. The van der Waals surface area contributed by atoms with Crippen LogP contribution in [0, 0.1) is 40.4 Å². The summed E-state index contributed by atoms with van der Waals surface area (Å²) in [5.74, 6) is 1.95. The zero-order valence-electron chi connectivity index (χ0n) is 23.7. The molecular formula is C31H41F3N2O4. The molecule has 4 aliphatic rings. The summed E-state index contributed by atoms with van der Waals surface area (Å²) >= 11 is 0. The third kappa shape index (κ3) is 4.75. The van der Waals surface area contributed by atoms with E-state index in [2.05, 4.69) is 16.8 Å². The Kier molecular flexibility index (Phi) is 6.81. The molecule has 4 fully saturated rings.